The van der Waals surface area contributed by atoms with Crippen LogP contribution in [0.5, 0.6) is 11.5 Å². The van der Waals surface area contributed by atoms with Crippen molar-refractivity contribution in [2.75, 3.05) is 32.8 Å². The number of carbonyl (C=O) groups is 2. The van der Waals surface area contributed by atoms with Gasteiger partial charge >= 0.3 is 6.03 Å². The number of carbonyl (C=O) groups excluding carboxylic acids is 2. The molecule has 1 atom stereocenters. The Kier molecular flexibility index (Phi) is 10.3. The molecule has 4 heterocycles. The standard InChI is InChI=1S/C36H42F2N6O4/c1-4-24-21-44(36(46)40-24)20-23-17-30(37)29(35(45)39-25-9-13-43(14-10-25)26-11-15-47-16-12-26)19-34(23)48-27-5-6-28(31(38)18-27)33-8-7-32(22(2)3)41-42-33/h4-8,17-19,22,24-26H,1,9-16,20-21H2,2-3H3,(H,39,45)(H,40,46)/t24-/m1/s1. The number of urea groups is 1. The third kappa shape index (κ3) is 7.65. The average Bonchev–Trinajstić information content (AvgIpc) is 3.45. The van der Waals surface area contributed by atoms with Crippen molar-refractivity contribution in [1.29, 1.82) is 0 Å². The molecule has 0 saturated carbocycles. The molecule has 3 aliphatic heterocycles. The molecular weight excluding hydrogens is 618 g/mol. The smallest absolute Gasteiger partial charge is 0.318 e. The van der Waals surface area contributed by atoms with Gasteiger partial charge in [-0.1, -0.05) is 19.9 Å². The van der Waals surface area contributed by atoms with Gasteiger partial charge in [-0.25, -0.2) is 13.6 Å². The van der Waals surface area contributed by atoms with Crippen molar-refractivity contribution >= 4 is 11.9 Å². The topological polar surface area (TPSA) is 109 Å². The molecule has 3 aliphatic rings. The Labute approximate surface area is 279 Å². The second kappa shape index (κ2) is 14.8. The summed E-state index contributed by atoms with van der Waals surface area (Å²) in [7, 11) is 0. The summed E-state index contributed by atoms with van der Waals surface area (Å²) in [5.74, 6) is -1.41. The predicted octanol–water partition coefficient (Wildman–Crippen LogP) is 5.79. The van der Waals surface area contributed by atoms with Gasteiger partial charge in [0.2, 0.25) is 0 Å². The van der Waals surface area contributed by atoms with Crippen LogP contribution in [0.2, 0.25) is 0 Å². The number of amides is 3. The maximum Gasteiger partial charge on any atom is 0.318 e. The van der Waals surface area contributed by atoms with Gasteiger partial charge in [0, 0.05) is 62.1 Å². The van der Waals surface area contributed by atoms with Gasteiger partial charge in [0.05, 0.1) is 29.5 Å². The first kappa shape index (κ1) is 33.5. The molecule has 3 saturated heterocycles. The summed E-state index contributed by atoms with van der Waals surface area (Å²) < 4.78 is 42.6. The molecule has 0 aliphatic carbocycles. The number of ether oxygens (including phenoxy) is 2. The maximum atomic E-state index is 15.6. The van der Waals surface area contributed by atoms with Gasteiger partial charge in [0.15, 0.2) is 0 Å². The van der Waals surface area contributed by atoms with Crippen molar-refractivity contribution in [2.45, 2.75) is 70.1 Å². The quantitative estimate of drug-likeness (QED) is 0.265. The Morgan fingerprint density at radius 3 is 2.50 bits per heavy atom. The Hall–Kier alpha value is -4.42. The SMILES string of the molecule is C=C[C@@H]1CN(Cc2cc(F)c(C(=O)NC3CCN(C4CCOCC4)CC3)cc2Oc2ccc(-c3ccc(C(C)C)nn3)c(F)c2)C(=O)N1. The number of aromatic nitrogens is 2. The number of piperidine rings is 1. The van der Waals surface area contributed by atoms with Crippen LogP contribution in [-0.2, 0) is 11.3 Å². The van der Waals surface area contributed by atoms with Crippen LogP contribution < -0.4 is 15.4 Å². The van der Waals surface area contributed by atoms with Crippen molar-refractivity contribution in [3.63, 3.8) is 0 Å². The summed E-state index contributed by atoms with van der Waals surface area (Å²) in [6.07, 6.45) is 5.17. The summed E-state index contributed by atoms with van der Waals surface area (Å²) in [5.41, 5.74) is 1.56. The van der Waals surface area contributed by atoms with Crippen molar-refractivity contribution < 1.29 is 27.8 Å². The Morgan fingerprint density at radius 1 is 1.08 bits per heavy atom. The fourth-order valence-electron chi connectivity index (χ4n) is 6.49. The van der Waals surface area contributed by atoms with Crippen molar-refractivity contribution in [3.8, 4) is 22.8 Å². The van der Waals surface area contributed by atoms with Gasteiger partial charge in [-0.15, -0.1) is 6.58 Å². The highest BCUT2D eigenvalue weighted by Gasteiger charge is 2.30. The van der Waals surface area contributed by atoms with E-state index in [0.717, 1.165) is 57.7 Å². The fourth-order valence-corrected chi connectivity index (χ4v) is 6.49. The first-order valence-electron chi connectivity index (χ1n) is 16.6. The van der Waals surface area contributed by atoms with Crippen LogP contribution in [0.1, 0.15) is 67.1 Å². The van der Waals surface area contributed by atoms with Crippen LogP contribution in [0, 0.1) is 11.6 Å². The summed E-state index contributed by atoms with van der Waals surface area (Å²) in [5, 5.41) is 14.2. The summed E-state index contributed by atoms with van der Waals surface area (Å²) in [6.45, 7) is 11.3. The van der Waals surface area contributed by atoms with Gasteiger partial charge < -0.3 is 29.9 Å². The highest BCUT2D eigenvalue weighted by Crippen LogP contribution is 2.33. The first-order chi connectivity index (χ1) is 23.2. The second-order valence-electron chi connectivity index (χ2n) is 13.0. The predicted molar refractivity (Wildman–Crippen MR) is 177 cm³/mol. The monoisotopic (exact) mass is 660 g/mol. The minimum atomic E-state index is -0.737. The van der Waals surface area contributed by atoms with Crippen LogP contribution in [0.3, 0.4) is 0 Å². The minimum Gasteiger partial charge on any atom is -0.457 e. The summed E-state index contributed by atoms with van der Waals surface area (Å²) in [6, 6.07) is 10.2. The van der Waals surface area contributed by atoms with Crippen molar-refractivity contribution in [1.82, 2.24) is 30.6 Å². The lowest BCUT2D eigenvalue weighted by atomic mass is 9.99. The number of benzene rings is 2. The van der Waals surface area contributed by atoms with E-state index in [9.17, 15) is 9.59 Å². The Bertz CT molecular complexity index is 1640. The van der Waals surface area contributed by atoms with Crippen LogP contribution in [-0.4, -0.2) is 82.9 Å². The minimum absolute atomic E-state index is 0.00729. The number of rotatable bonds is 10. The lowest BCUT2D eigenvalue weighted by molar-refractivity contribution is 0.0238. The van der Waals surface area contributed by atoms with E-state index in [-0.39, 0.29) is 53.2 Å². The zero-order valence-corrected chi connectivity index (χ0v) is 27.4. The molecule has 3 fully saturated rings. The number of nitrogens with zero attached hydrogens (tertiary/aromatic N) is 4. The highest BCUT2D eigenvalue weighted by molar-refractivity contribution is 5.95. The molecule has 0 spiro atoms. The number of halogens is 2. The lowest BCUT2D eigenvalue weighted by Crippen LogP contribution is -2.49. The highest BCUT2D eigenvalue weighted by atomic mass is 19.1. The van der Waals surface area contributed by atoms with E-state index >= 15 is 8.78 Å². The normalized spacial score (nSPS) is 19.4. The molecule has 0 unspecified atom stereocenters. The molecule has 3 aromatic rings. The molecule has 12 heteroatoms. The van der Waals surface area contributed by atoms with Gasteiger partial charge in [-0.05, 0) is 68.0 Å². The van der Waals surface area contributed by atoms with E-state index < -0.39 is 17.5 Å². The summed E-state index contributed by atoms with van der Waals surface area (Å²) >= 11 is 0. The van der Waals surface area contributed by atoms with Gasteiger partial charge in [0.25, 0.3) is 5.91 Å². The molecule has 2 N–H and O–H groups in total. The first-order valence-corrected chi connectivity index (χ1v) is 16.6. The third-order valence-electron chi connectivity index (χ3n) is 9.35. The number of nitrogens with one attached hydrogen (secondary N) is 2. The molecule has 2 aromatic carbocycles. The van der Waals surface area contributed by atoms with E-state index in [2.05, 4.69) is 32.3 Å². The fraction of sp³-hybridized carbons (Fsp3) is 0.444. The molecule has 6 rings (SSSR count). The molecule has 254 valence electrons. The average molecular weight is 661 g/mol. The van der Waals surface area contributed by atoms with Crippen molar-refractivity contribution in [2.24, 2.45) is 0 Å². The summed E-state index contributed by atoms with van der Waals surface area (Å²) in [4.78, 5) is 30.0. The van der Waals surface area contributed by atoms with Gasteiger partial charge in [-0.2, -0.15) is 10.2 Å². The lowest BCUT2D eigenvalue weighted by Gasteiger charge is -2.39. The van der Waals surface area contributed by atoms with E-state index in [1.807, 2.05) is 19.9 Å². The van der Waals surface area contributed by atoms with E-state index in [0.29, 0.717) is 23.8 Å². The zero-order valence-electron chi connectivity index (χ0n) is 27.4. The number of hydrogen-bond acceptors (Lipinski definition) is 7. The van der Waals surface area contributed by atoms with Crippen LogP contribution in [0.25, 0.3) is 11.3 Å². The molecule has 0 bridgehead atoms. The molecule has 1 aromatic heterocycles. The van der Waals surface area contributed by atoms with Crippen molar-refractivity contribution in [3.05, 3.63) is 83.6 Å². The molecule has 0 radical (unpaired) electrons. The second-order valence-corrected chi connectivity index (χ2v) is 13.0. The van der Waals surface area contributed by atoms with Gasteiger partial charge in [0.1, 0.15) is 23.1 Å². The Balaban J connectivity index is 1.21. The van der Waals surface area contributed by atoms with E-state index in [4.69, 9.17) is 9.47 Å². The Morgan fingerprint density at radius 2 is 1.85 bits per heavy atom. The van der Waals surface area contributed by atoms with Crippen LogP contribution in [0.15, 0.2) is 55.1 Å². The van der Waals surface area contributed by atoms with E-state index in [1.165, 1.54) is 29.2 Å². The largest absolute Gasteiger partial charge is 0.457 e. The molecular formula is C36H42F2N6O4. The van der Waals surface area contributed by atoms with Crippen LogP contribution >= 0.6 is 0 Å². The molecule has 10 nitrogen and oxygen atoms in total. The third-order valence-corrected chi connectivity index (χ3v) is 9.35. The van der Waals surface area contributed by atoms with E-state index in [1.54, 1.807) is 18.2 Å². The molecule has 48 heavy (non-hydrogen) atoms. The number of hydrogen-bond donors (Lipinski definition) is 2. The maximum absolute atomic E-state index is 15.6. The molecule has 3 amide bonds. The van der Waals surface area contributed by atoms with Gasteiger partial charge in [-0.3, -0.25) is 4.79 Å². The zero-order chi connectivity index (χ0) is 33.8. The van der Waals surface area contributed by atoms with Crippen LogP contribution in [0.4, 0.5) is 13.6 Å². The number of likely N-dealkylation sites (tertiary alicyclic amines) is 1.